The zero-order valence-corrected chi connectivity index (χ0v) is 22.3. The van der Waals surface area contributed by atoms with E-state index in [0.29, 0.717) is 25.8 Å². The number of carbonyl (C=O) groups excluding carboxylic acids is 7. The van der Waals surface area contributed by atoms with Crippen molar-refractivity contribution in [2.45, 2.75) is 51.0 Å². The van der Waals surface area contributed by atoms with Gasteiger partial charge in [0.25, 0.3) is 0 Å². The monoisotopic (exact) mass is 554 g/mol. The number of amides is 7. The van der Waals surface area contributed by atoms with Crippen LogP contribution in [0.1, 0.15) is 44.1 Å². The highest BCUT2D eigenvalue weighted by atomic mass is 16.2. The van der Waals surface area contributed by atoms with Gasteiger partial charge in [0, 0.05) is 32.2 Å². The van der Waals surface area contributed by atoms with Gasteiger partial charge in [-0.15, -0.1) is 0 Å². The van der Waals surface area contributed by atoms with Gasteiger partial charge in [0.05, 0.1) is 27.5 Å². The molecule has 0 aliphatic carbocycles. The summed E-state index contributed by atoms with van der Waals surface area (Å²) in [5, 5.41) is 12.2. The Hall–Kier alpha value is -4.23. The maximum atomic E-state index is 12.6. The summed E-state index contributed by atoms with van der Waals surface area (Å²) in [6.07, 6.45) is 2.54. The Bertz CT molecular complexity index is 1050. The summed E-state index contributed by atoms with van der Waals surface area (Å²) in [6.45, 7) is -0.714. The second kappa shape index (κ2) is 17.4. The lowest BCUT2D eigenvalue weighted by Crippen LogP contribution is -2.52. The number of carbonyl (C=O) groups is 7. The fourth-order valence-electron chi connectivity index (χ4n) is 3.88. The molecule has 1 atom stereocenters. The number of likely N-dealkylation sites (tertiary alicyclic amines) is 1. The largest absolute Gasteiger partial charge is 0.364 e. The molecule has 13 nitrogen and oxygen atoms in total. The minimum atomic E-state index is -1.00. The highest BCUT2D eigenvalue weighted by molar-refractivity contribution is 6.10. The van der Waals surface area contributed by atoms with E-state index in [0.717, 1.165) is 5.56 Å². The van der Waals surface area contributed by atoms with Gasteiger partial charge in [-0.05, 0) is 24.8 Å². The molecule has 2 rings (SSSR count). The van der Waals surface area contributed by atoms with Crippen LogP contribution in [0, 0.1) is 0 Å². The van der Waals surface area contributed by atoms with Crippen molar-refractivity contribution in [3.05, 3.63) is 35.9 Å². The molecule has 1 heterocycles. The molecular formula is C26H35BN6O7. The Labute approximate surface area is 234 Å². The molecule has 1 aromatic carbocycles. The molecule has 1 aliphatic rings. The summed E-state index contributed by atoms with van der Waals surface area (Å²) in [4.78, 5) is 85.1. The van der Waals surface area contributed by atoms with E-state index in [1.807, 2.05) is 6.07 Å². The molecule has 0 spiro atoms. The topological polar surface area (TPSA) is 183 Å². The molecule has 1 aromatic rings. The Kier molecular flexibility index (Phi) is 13.9. The summed E-state index contributed by atoms with van der Waals surface area (Å²) in [6, 6.07) is 7.95. The normalized spacial score (nSPS) is 13.3. The maximum Gasteiger partial charge on any atom is 0.243 e. The van der Waals surface area contributed by atoms with E-state index in [1.165, 1.54) is 4.90 Å². The predicted octanol–water partition coefficient (Wildman–Crippen LogP) is -1.99. The number of nitrogens with one attached hydrogen (secondary N) is 5. The van der Waals surface area contributed by atoms with Crippen LogP contribution < -0.4 is 26.6 Å². The third-order valence-electron chi connectivity index (χ3n) is 5.99. The molecule has 5 N–H and O–H groups in total. The lowest BCUT2D eigenvalue weighted by molar-refractivity contribution is -0.138. The molecule has 7 amide bonds. The smallest absolute Gasteiger partial charge is 0.243 e. The third kappa shape index (κ3) is 12.1. The Morgan fingerprint density at radius 1 is 0.750 bits per heavy atom. The zero-order valence-electron chi connectivity index (χ0n) is 22.3. The van der Waals surface area contributed by atoms with Crippen LogP contribution >= 0.6 is 0 Å². The first-order valence-electron chi connectivity index (χ1n) is 13.1. The molecule has 0 unspecified atom stereocenters. The second-order valence-corrected chi connectivity index (χ2v) is 9.13. The van der Waals surface area contributed by atoms with Gasteiger partial charge >= 0.3 is 0 Å². The van der Waals surface area contributed by atoms with Crippen molar-refractivity contribution >= 4 is 49.2 Å². The average Bonchev–Trinajstić information content (AvgIpc) is 3.26. The summed E-state index contributed by atoms with van der Waals surface area (Å²) in [5.74, 6) is -2.94. The van der Waals surface area contributed by atoms with Crippen molar-refractivity contribution in [2.75, 3.05) is 32.6 Å². The third-order valence-corrected chi connectivity index (χ3v) is 5.99. The highest BCUT2D eigenvalue weighted by Crippen LogP contribution is 2.13. The molecule has 0 saturated carbocycles. The fraction of sp³-hybridized carbons (Fsp3) is 0.500. The summed E-state index contributed by atoms with van der Waals surface area (Å²) in [7, 11) is 5.24. The van der Waals surface area contributed by atoms with Crippen molar-refractivity contribution in [3.8, 4) is 0 Å². The molecule has 14 heteroatoms. The van der Waals surface area contributed by atoms with Gasteiger partial charge < -0.3 is 26.6 Å². The Morgan fingerprint density at radius 3 is 2.02 bits per heavy atom. The van der Waals surface area contributed by atoms with Crippen molar-refractivity contribution in [2.24, 2.45) is 0 Å². The quantitative estimate of drug-likeness (QED) is 0.0839. The molecular weight excluding hydrogens is 519 g/mol. The number of rotatable bonds is 17. The number of benzene rings is 1. The lowest BCUT2D eigenvalue weighted by Gasteiger charge is -2.19. The first-order valence-corrected chi connectivity index (χ1v) is 13.1. The minimum absolute atomic E-state index is 0.0791. The van der Waals surface area contributed by atoms with Gasteiger partial charge in [-0.3, -0.25) is 38.5 Å². The van der Waals surface area contributed by atoms with E-state index < -0.39 is 36.2 Å². The highest BCUT2D eigenvalue weighted by Gasteiger charge is 2.28. The van der Waals surface area contributed by atoms with Crippen LogP contribution in [-0.4, -0.2) is 92.8 Å². The van der Waals surface area contributed by atoms with E-state index in [9.17, 15) is 33.6 Å². The minimum Gasteiger partial charge on any atom is -0.364 e. The van der Waals surface area contributed by atoms with Gasteiger partial charge in [0.2, 0.25) is 41.4 Å². The van der Waals surface area contributed by atoms with E-state index in [4.69, 9.17) is 7.85 Å². The summed E-state index contributed by atoms with van der Waals surface area (Å²) in [5.41, 5.74) is 0.777. The molecule has 0 bridgehead atoms. The van der Waals surface area contributed by atoms with E-state index in [-0.39, 0.29) is 62.9 Å². The van der Waals surface area contributed by atoms with E-state index >= 15 is 0 Å². The predicted molar refractivity (Wildman–Crippen MR) is 144 cm³/mol. The molecule has 214 valence electrons. The van der Waals surface area contributed by atoms with Gasteiger partial charge in [-0.1, -0.05) is 36.8 Å². The van der Waals surface area contributed by atoms with Crippen LogP contribution in [0.2, 0.25) is 0 Å². The number of nitrogens with zero attached hydrogens (tertiary/aromatic N) is 1. The van der Waals surface area contributed by atoms with Crippen molar-refractivity contribution in [1.29, 1.82) is 0 Å². The van der Waals surface area contributed by atoms with Crippen LogP contribution in [0.3, 0.4) is 0 Å². The van der Waals surface area contributed by atoms with Crippen molar-refractivity contribution in [1.82, 2.24) is 31.5 Å². The van der Waals surface area contributed by atoms with Crippen LogP contribution in [0.4, 0.5) is 0 Å². The van der Waals surface area contributed by atoms with Gasteiger partial charge in [-0.25, -0.2) is 0 Å². The standard InChI is InChI=1S/C26H35BN6O7/c27-17-31-22(36)15-30-26(40)19(13-18-7-3-1-4-8-18)32-23(37)16-29-21(35)14-28-20(34)9-5-2-6-12-33-24(38)10-11-25(33)39/h1,3-4,7-8,19H,2,5-6,9-17H2,(H,28,34)(H,29,35)(H,30,40)(H,31,36)(H,32,37)/t19-/m0/s1. The van der Waals surface area contributed by atoms with Gasteiger partial charge in [0.1, 0.15) is 6.04 Å². The number of imide groups is 1. The molecule has 1 fully saturated rings. The fourth-order valence-corrected chi connectivity index (χ4v) is 3.88. The van der Waals surface area contributed by atoms with Crippen LogP contribution in [-0.2, 0) is 40.0 Å². The van der Waals surface area contributed by atoms with Crippen LogP contribution in [0.15, 0.2) is 30.3 Å². The molecule has 1 saturated heterocycles. The zero-order chi connectivity index (χ0) is 29.3. The molecule has 0 aromatic heterocycles. The maximum absolute atomic E-state index is 12.6. The van der Waals surface area contributed by atoms with E-state index in [2.05, 4.69) is 26.6 Å². The Morgan fingerprint density at radius 2 is 1.35 bits per heavy atom. The molecule has 1 aliphatic heterocycles. The van der Waals surface area contributed by atoms with Crippen LogP contribution in [0.25, 0.3) is 0 Å². The van der Waals surface area contributed by atoms with Crippen molar-refractivity contribution < 1.29 is 33.6 Å². The average molecular weight is 554 g/mol. The lowest BCUT2D eigenvalue weighted by atomic mass is 10.1. The SMILES string of the molecule is [B]CNC(=O)CNC(=O)[C@H](Cc1ccccc1)NC(=O)CNC(=O)CNC(=O)CCCCCN1C(=O)CCC1=O. The second-order valence-electron chi connectivity index (χ2n) is 9.13. The summed E-state index contributed by atoms with van der Waals surface area (Å²) < 4.78 is 0. The van der Waals surface area contributed by atoms with Crippen molar-refractivity contribution in [3.63, 3.8) is 0 Å². The Balaban J connectivity index is 1.68. The number of unbranched alkanes of at least 4 members (excludes halogenated alkanes) is 2. The number of hydrogen-bond donors (Lipinski definition) is 5. The molecule has 2 radical (unpaired) electrons. The first kappa shape index (κ1) is 32.0. The van der Waals surface area contributed by atoms with Gasteiger partial charge in [-0.2, -0.15) is 0 Å². The summed E-state index contributed by atoms with van der Waals surface area (Å²) >= 11 is 0. The van der Waals surface area contributed by atoms with E-state index in [1.54, 1.807) is 24.3 Å². The number of hydrogen-bond acceptors (Lipinski definition) is 7. The molecule has 40 heavy (non-hydrogen) atoms. The van der Waals surface area contributed by atoms with Crippen LogP contribution in [0.5, 0.6) is 0 Å². The van der Waals surface area contributed by atoms with Gasteiger partial charge in [0.15, 0.2) is 0 Å². The first-order chi connectivity index (χ1) is 19.2.